The Labute approximate surface area is 347 Å². The van der Waals surface area contributed by atoms with Crippen LogP contribution in [0.2, 0.25) is 0 Å². The zero-order valence-corrected chi connectivity index (χ0v) is 30.9. The molecule has 0 saturated heterocycles. The second-order valence-electron chi connectivity index (χ2n) is 13.0. The minimum atomic E-state index is -9.83. The van der Waals surface area contributed by atoms with Gasteiger partial charge in [0.05, 0.1) is 0 Å². The molecule has 388 valence electrons. The predicted octanol–water partition coefficient (Wildman–Crippen LogP) is 13.5. The molecule has 0 saturated carbocycles. The molecule has 1 aromatic carbocycles. The van der Waals surface area contributed by atoms with Crippen LogP contribution in [0, 0.1) is 0 Å². The SMILES string of the molecule is CCCCc1cnc(-c2ccc(OC(F)C(F)(F)C(F)(F)C(F)(F)C(F)(F)C(F)(F)C(F)(F)C(F)(F)C(F)(F)C(F)(F)OC(F)(F)C(F)(F)OC(F)(F)C(F)(F)C(F)(F)C(F)(F)F)cc2)nc1. The summed E-state index contributed by atoms with van der Waals surface area (Å²) < 4.78 is 444. The molecule has 2 rings (SSSR count). The van der Waals surface area contributed by atoms with Crippen LogP contribution in [0.5, 0.6) is 5.75 Å². The molecule has 0 N–H and O–H groups in total. The van der Waals surface area contributed by atoms with E-state index in [1.54, 1.807) is 0 Å². The Morgan fingerprint density at radius 2 is 0.761 bits per heavy atom. The van der Waals surface area contributed by atoms with Crippen molar-refractivity contribution >= 4 is 0 Å². The molecule has 0 fully saturated rings. The summed E-state index contributed by atoms with van der Waals surface area (Å²) in [5, 5.41) is 0. The predicted molar refractivity (Wildman–Crippen MR) is 149 cm³/mol. The van der Waals surface area contributed by atoms with Crippen LogP contribution in [0.4, 0.5) is 140 Å². The standard InChI is InChI=1S/C30H16F32N2O3/c1-2-3-4-11-9-63-14(64-10-11)12-5-7-13(8-6-12)65-15(31)16(32,33)17(34,35)18(36,37)19(38,39)20(40,41)21(42,43)22(44,45)24(48,49)27(55,56)66-29(59,60)30(61,62)67-28(57,58)25(50,51)23(46,47)26(52,53)54/h5-10,15H,2-4H2,1H3. The average Bonchev–Trinajstić information content (AvgIpc) is 3.15. The van der Waals surface area contributed by atoms with Gasteiger partial charge in [-0.05, 0) is 42.7 Å². The first-order chi connectivity index (χ1) is 29.3. The summed E-state index contributed by atoms with van der Waals surface area (Å²) >= 11 is 0. The van der Waals surface area contributed by atoms with Crippen molar-refractivity contribution in [2.75, 3.05) is 0 Å². The molecule has 0 radical (unpaired) electrons. The molecule has 0 aliphatic heterocycles. The summed E-state index contributed by atoms with van der Waals surface area (Å²) in [6.07, 6.45) is -44.5. The second-order valence-corrected chi connectivity index (χ2v) is 13.0. The van der Waals surface area contributed by atoms with Gasteiger partial charge in [-0.15, -0.1) is 0 Å². The molecule has 1 heterocycles. The van der Waals surface area contributed by atoms with Crippen LogP contribution in [-0.4, -0.2) is 106 Å². The van der Waals surface area contributed by atoms with Gasteiger partial charge < -0.3 is 4.74 Å². The topological polar surface area (TPSA) is 53.5 Å². The van der Waals surface area contributed by atoms with Crippen molar-refractivity contribution in [2.45, 2.75) is 122 Å². The van der Waals surface area contributed by atoms with Gasteiger partial charge in [-0.1, -0.05) is 13.3 Å². The molecule has 67 heavy (non-hydrogen) atoms. The maximum atomic E-state index is 14.4. The maximum Gasteiger partial charge on any atom is 0.460 e. The van der Waals surface area contributed by atoms with Crippen molar-refractivity contribution in [3.63, 3.8) is 0 Å². The number of hydrogen-bond acceptors (Lipinski definition) is 5. The first kappa shape index (κ1) is 58.9. The first-order valence-electron chi connectivity index (χ1n) is 16.3. The summed E-state index contributed by atoms with van der Waals surface area (Å²) in [7, 11) is 0. The Bertz CT molecular complexity index is 2000. The maximum absolute atomic E-state index is 14.4. The highest BCUT2D eigenvalue weighted by atomic mass is 19.4. The highest BCUT2D eigenvalue weighted by molar-refractivity contribution is 5.56. The molecule has 0 aliphatic carbocycles. The Balaban J connectivity index is 2.51. The Morgan fingerprint density at radius 1 is 0.433 bits per heavy atom. The van der Waals surface area contributed by atoms with Gasteiger partial charge in [0.2, 0.25) is 0 Å². The lowest BCUT2D eigenvalue weighted by Gasteiger charge is -2.44. The molecule has 5 nitrogen and oxygen atoms in total. The Kier molecular flexibility index (Phi) is 15.2. The summed E-state index contributed by atoms with van der Waals surface area (Å²) in [6, 6.07) is 1.85. The lowest BCUT2D eigenvalue weighted by atomic mass is 9.87. The average molecular weight is 1060 g/mol. The summed E-state index contributed by atoms with van der Waals surface area (Å²) in [5.41, 5.74) is 0.386. The highest BCUT2D eigenvalue weighted by Crippen LogP contribution is 2.66. The molecule has 0 spiro atoms. The quantitative estimate of drug-likeness (QED) is 0.110. The van der Waals surface area contributed by atoms with Crippen molar-refractivity contribution in [1.29, 1.82) is 0 Å². The molecule has 0 bridgehead atoms. The first-order valence-corrected chi connectivity index (χ1v) is 16.3. The molecule has 37 heteroatoms. The van der Waals surface area contributed by atoms with Crippen LogP contribution < -0.4 is 4.74 Å². The van der Waals surface area contributed by atoms with Crippen molar-refractivity contribution in [1.82, 2.24) is 9.97 Å². The third-order valence-corrected chi connectivity index (χ3v) is 8.28. The van der Waals surface area contributed by atoms with E-state index in [4.69, 9.17) is 0 Å². The van der Waals surface area contributed by atoms with E-state index in [1.807, 2.05) is 6.92 Å². The minimum absolute atomic E-state index is 0.173. The van der Waals surface area contributed by atoms with Crippen LogP contribution in [0.1, 0.15) is 25.3 Å². The van der Waals surface area contributed by atoms with E-state index >= 15 is 0 Å². The number of benzene rings is 1. The van der Waals surface area contributed by atoms with E-state index in [0.717, 1.165) is 15.9 Å². The molecular weight excluding hydrogens is 1040 g/mol. The van der Waals surface area contributed by atoms with Crippen LogP contribution in [-0.2, 0) is 15.9 Å². The van der Waals surface area contributed by atoms with E-state index in [9.17, 15) is 140 Å². The molecular formula is C30H16F32N2O3. The van der Waals surface area contributed by atoms with Crippen molar-refractivity contribution in [2.24, 2.45) is 0 Å². The van der Waals surface area contributed by atoms with Crippen LogP contribution in [0.15, 0.2) is 36.7 Å². The summed E-state index contributed by atoms with van der Waals surface area (Å²) in [6.45, 7) is 1.81. The lowest BCUT2D eigenvalue weighted by molar-refractivity contribution is -0.560. The second kappa shape index (κ2) is 17.3. The highest BCUT2D eigenvalue weighted by Gasteiger charge is 2.98. The van der Waals surface area contributed by atoms with Gasteiger partial charge in [0.25, 0.3) is 0 Å². The molecule has 1 atom stereocenters. The third-order valence-electron chi connectivity index (χ3n) is 8.28. The fourth-order valence-corrected chi connectivity index (χ4v) is 4.34. The van der Waals surface area contributed by atoms with E-state index < -0.39 is 102 Å². The van der Waals surface area contributed by atoms with Crippen LogP contribution in [0.25, 0.3) is 11.4 Å². The monoisotopic (exact) mass is 1060 g/mol. The number of halogens is 32. The number of unbranched alkanes of at least 4 members (excludes halogenated alkanes) is 1. The van der Waals surface area contributed by atoms with E-state index in [1.165, 1.54) is 12.4 Å². The zero-order chi connectivity index (χ0) is 53.3. The Morgan fingerprint density at radius 3 is 1.10 bits per heavy atom. The lowest BCUT2D eigenvalue weighted by Crippen LogP contribution is -2.77. The molecule has 2 aromatic rings. The molecule has 0 aliphatic rings. The normalized spacial score (nSPS) is 16.1. The fourth-order valence-electron chi connectivity index (χ4n) is 4.34. The van der Waals surface area contributed by atoms with Gasteiger partial charge >= 0.3 is 96.2 Å². The van der Waals surface area contributed by atoms with Crippen molar-refractivity contribution < 1.29 is 155 Å². The van der Waals surface area contributed by atoms with E-state index in [0.29, 0.717) is 30.5 Å². The fraction of sp³-hybridized carbons (Fsp3) is 0.667. The minimum Gasteiger partial charge on any atom is -0.454 e. The number of rotatable bonds is 22. The largest absolute Gasteiger partial charge is 0.460 e. The van der Waals surface area contributed by atoms with Gasteiger partial charge in [-0.25, -0.2) is 19.4 Å². The molecule has 1 unspecified atom stereocenters. The number of aryl methyl sites for hydroxylation is 1. The van der Waals surface area contributed by atoms with Crippen LogP contribution in [0.3, 0.4) is 0 Å². The number of hydrogen-bond donors (Lipinski definition) is 0. The van der Waals surface area contributed by atoms with Crippen molar-refractivity contribution in [3.05, 3.63) is 42.2 Å². The summed E-state index contributed by atoms with van der Waals surface area (Å²) in [4.78, 5) is 7.69. The number of nitrogens with zero attached hydrogens (tertiary/aromatic N) is 2. The van der Waals surface area contributed by atoms with Gasteiger partial charge in [0.15, 0.2) is 5.82 Å². The zero-order valence-electron chi connectivity index (χ0n) is 30.9. The van der Waals surface area contributed by atoms with Crippen molar-refractivity contribution in [3.8, 4) is 17.1 Å². The third kappa shape index (κ3) is 9.34. The molecule has 0 amide bonds. The van der Waals surface area contributed by atoms with E-state index in [2.05, 4.69) is 14.7 Å². The number of ether oxygens (including phenoxy) is 3. The summed E-state index contributed by atoms with van der Waals surface area (Å²) in [5.74, 6) is -93.3. The van der Waals surface area contributed by atoms with Crippen LogP contribution >= 0.6 is 0 Å². The van der Waals surface area contributed by atoms with E-state index in [-0.39, 0.29) is 23.5 Å². The van der Waals surface area contributed by atoms with Gasteiger partial charge in [0, 0.05) is 18.0 Å². The van der Waals surface area contributed by atoms with Gasteiger partial charge in [0.1, 0.15) is 5.75 Å². The number of aromatic nitrogens is 2. The van der Waals surface area contributed by atoms with Gasteiger partial charge in [-0.3, -0.25) is 0 Å². The smallest absolute Gasteiger partial charge is 0.454 e. The number of alkyl halides is 32. The molecule has 1 aromatic heterocycles. The Hall–Kier alpha value is -4.22. The van der Waals surface area contributed by atoms with Gasteiger partial charge in [-0.2, -0.15) is 140 Å².